The fourth-order valence-corrected chi connectivity index (χ4v) is 7.58. The van der Waals surface area contributed by atoms with E-state index in [1.165, 1.54) is 11.1 Å². The summed E-state index contributed by atoms with van der Waals surface area (Å²) in [4.78, 5) is 30.4. The normalized spacial score (nSPS) is 34.9. The highest BCUT2D eigenvalue weighted by molar-refractivity contribution is 6.08. The van der Waals surface area contributed by atoms with E-state index < -0.39 is 11.3 Å². The average molecular weight is 466 g/mol. The molecular formula is C28H35NO5. The molecule has 3 fully saturated rings. The van der Waals surface area contributed by atoms with Crippen LogP contribution >= 0.6 is 0 Å². The molecule has 2 aliphatic carbocycles. The Balaban J connectivity index is 1.66. The van der Waals surface area contributed by atoms with E-state index in [4.69, 9.17) is 13.9 Å². The number of methoxy groups -OCH3 is 1. The molecule has 4 aliphatic rings. The number of benzene rings is 1. The molecule has 6 unspecified atom stereocenters. The Bertz CT molecular complexity index is 1130. The number of likely N-dealkylation sites (N-methyl/N-ethyl adjacent to an activating group) is 1. The van der Waals surface area contributed by atoms with Crippen molar-refractivity contribution in [2.75, 3.05) is 20.8 Å². The van der Waals surface area contributed by atoms with Crippen molar-refractivity contribution in [1.82, 2.24) is 4.90 Å². The summed E-state index contributed by atoms with van der Waals surface area (Å²) < 4.78 is 16.5. The molecule has 34 heavy (non-hydrogen) atoms. The summed E-state index contributed by atoms with van der Waals surface area (Å²) in [5.74, 6) is -0.0644. The van der Waals surface area contributed by atoms with E-state index in [0.717, 1.165) is 17.7 Å². The van der Waals surface area contributed by atoms with E-state index in [-0.39, 0.29) is 41.3 Å². The number of carbonyl (C=O) groups excluding carboxylic acids is 2. The number of nitrogens with zero attached hydrogens (tertiary/aromatic N) is 1. The maximum absolute atomic E-state index is 14.3. The number of fused-ring (bicyclic) bond motifs is 2. The highest BCUT2D eigenvalue weighted by atomic mass is 16.5. The van der Waals surface area contributed by atoms with Crippen molar-refractivity contribution in [1.29, 1.82) is 0 Å². The molecule has 0 amide bonds. The summed E-state index contributed by atoms with van der Waals surface area (Å²) in [6.07, 6.45) is 5.26. The molecule has 3 heterocycles. The number of Topliss-reactive ketones (excluding diaryl/α,β-unsaturated/α-hetero) is 1. The lowest BCUT2D eigenvalue weighted by Gasteiger charge is -2.72. The third kappa shape index (κ3) is 2.78. The SMILES string of the molecule is CCOC(=O)C1(C(=O)C(C)c2ccoc2)CC2(C)C3Cc4ccc(OC)cc4C2(C)CC1N3C. The molecule has 6 rings (SSSR count). The number of hydrogen-bond acceptors (Lipinski definition) is 6. The summed E-state index contributed by atoms with van der Waals surface area (Å²) >= 11 is 0. The summed E-state index contributed by atoms with van der Waals surface area (Å²) in [7, 11) is 3.78. The first-order valence-corrected chi connectivity index (χ1v) is 12.3. The topological polar surface area (TPSA) is 69.0 Å². The van der Waals surface area contributed by atoms with Gasteiger partial charge in [-0.3, -0.25) is 14.5 Å². The number of ether oxygens (including phenoxy) is 2. The maximum Gasteiger partial charge on any atom is 0.321 e. The molecule has 2 saturated heterocycles. The maximum atomic E-state index is 14.3. The molecule has 6 nitrogen and oxygen atoms in total. The van der Waals surface area contributed by atoms with Crippen molar-refractivity contribution in [2.24, 2.45) is 10.8 Å². The van der Waals surface area contributed by atoms with Crippen LogP contribution in [0.4, 0.5) is 0 Å². The third-order valence-electron chi connectivity index (χ3n) is 9.64. The van der Waals surface area contributed by atoms with E-state index in [1.54, 1.807) is 26.6 Å². The minimum atomic E-state index is -1.22. The predicted molar refractivity (Wildman–Crippen MR) is 128 cm³/mol. The second-order valence-corrected chi connectivity index (χ2v) is 10.9. The second kappa shape index (κ2) is 7.70. The molecule has 4 bridgehead atoms. The lowest BCUT2D eigenvalue weighted by atomic mass is 9.38. The van der Waals surface area contributed by atoms with E-state index in [0.29, 0.717) is 12.8 Å². The van der Waals surface area contributed by atoms with Crippen LogP contribution < -0.4 is 4.74 Å². The Morgan fingerprint density at radius 3 is 2.65 bits per heavy atom. The smallest absolute Gasteiger partial charge is 0.321 e. The number of esters is 1. The third-order valence-corrected chi connectivity index (χ3v) is 9.64. The van der Waals surface area contributed by atoms with Gasteiger partial charge in [-0.25, -0.2) is 0 Å². The van der Waals surface area contributed by atoms with Crippen LogP contribution in [0.3, 0.4) is 0 Å². The van der Waals surface area contributed by atoms with Crippen molar-refractivity contribution in [3.8, 4) is 5.75 Å². The standard InChI is InChI=1S/C28H35NO5/c1-7-34-25(31)28(24(30)17(2)19-10-11-33-15-19)16-27(4)22-12-18-8-9-20(32-6)13-21(18)26(27,3)14-23(28)29(22)5/h8-11,13,15,17,22-23H,7,12,14,16H2,1-6H3. The number of furan rings is 1. The summed E-state index contributed by atoms with van der Waals surface area (Å²) in [6.45, 7) is 8.52. The van der Waals surface area contributed by atoms with E-state index in [2.05, 4.69) is 37.9 Å². The molecule has 0 radical (unpaired) electrons. The second-order valence-electron chi connectivity index (χ2n) is 10.9. The highest BCUT2D eigenvalue weighted by Gasteiger charge is 2.74. The van der Waals surface area contributed by atoms with Crippen LogP contribution in [0, 0.1) is 10.8 Å². The first-order valence-electron chi connectivity index (χ1n) is 12.3. The Kier molecular flexibility index (Phi) is 5.25. The van der Waals surface area contributed by atoms with Gasteiger partial charge in [0.05, 0.1) is 26.2 Å². The molecule has 1 saturated carbocycles. The number of rotatable bonds is 6. The van der Waals surface area contributed by atoms with Gasteiger partial charge in [0.1, 0.15) is 11.2 Å². The van der Waals surface area contributed by atoms with Crippen LogP contribution in [0.1, 0.15) is 63.1 Å². The summed E-state index contributed by atoms with van der Waals surface area (Å²) in [6, 6.07) is 8.18. The van der Waals surface area contributed by atoms with E-state index in [9.17, 15) is 9.59 Å². The van der Waals surface area contributed by atoms with Crippen LogP contribution in [0.25, 0.3) is 0 Å². The lowest BCUT2D eigenvalue weighted by Crippen LogP contribution is -2.78. The Morgan fingerprint density at radius 2 is 2.00 bits per heavy atom. The predicted octanol–water partition coefficient (Wildman–Crippen LogP) is 4.51. The van der Waals surface area contributed by atoms with Gasteiger partial charge in [0, 0.05) is 29.0 Å². The fraction of sp³-hybridized carbons (Fsp3) is 0.571. The van der Waals surface area contributed by atoms with Crippen LogP contribution in [0.15, 0.2) is 41.2 Å². The molecule has 182 valence electrons. The van der Waals surface area contributed by atoms with Crippen molar-refractivity contribution >= 4 is 11.8 Å². The first-order chi connectivity index (χ1) is 16.1. The van der Waals surface area contributed by atoms with Crippen molar-refractivity contribution in [2.45, 2.75) is 70.4 Å². The number of hydrogen-bond donors (Lipinski definition) is 0. The molecule has 6 atom stereocenters. The van der Waals surface area contributed by atoms with E-state index in [1.807, 2.05) is 19.1 Å². The van der Waals surface area contributed by atoms with Crippen molar-refractivity contribution < 1.29 is 23.5 Å². The minimum absolute atomic E-state index is 0.0673. The van der Waals surface area contributed by atoms with Gasteiger partial charge in [0.2, 0.25) is 0 Å². The minimum Gasteiger partial charge on any atom is -0.497 e. The lowest BCUT2D eigenvalue weighted by molar-refractivity contribution is -0.208. The van der Waals surface area contributed by atoms with Gasteiger partial charge in [-0.05, 0) is 68.0 Å². The van der Waals surface area contributed by atoms with Crippen LogP contribution in [-0.4, -0.2) is 49.5 Å². The molecule has 1 aromatic carbocycles. The molecule has 2 aromatic rings. The Morgan fingerprint density at radius 1 is 1.24 bits per heavy atom. The number of carbonyl (C=O) groups is 2. The van der Waals surface area contributed by atoms with Gasteiger partial charge in [-0.2, -0.15) is 0 Å². The van der Waals surface area contributed by atoms with E-state index >= 15 is 0 Å². The molecule has 0 spiro atoms. The van der Waals surface area contributed by atoms with Crippen LogP contribution in [-0.2, 0) is 26.2 Å². The van der Waals surface area contributed by atoms with Gasteiger partial charge < -0.3 is 13.9 Å². The Labute approximate surface area is 201 Å². The monoisotopic (exact) mass is 465 g/mol. The van der Waals surface area contributed by atoms with Crippen molar-refractivity contribution in [3.05, 3.63) is 53.5 Å². The zero-order valence-electron chi connectivity index (χ0n) is 21.0. The molecule has 2 aliphatic heterocycles. The molecular weight excluding hydrogens is 430 g/mol. The van der Waals surface area contributed by atoms with Gasteiger partial charge in [-0.15, -0.1) is 0 Å². The number of piperidine rings is 2. The fourth-order valence-electron chi connectivity index (χ4n) is 7.58. The largest absolute Gasteiger partial charge is 0.497 e. The number of ketones is 1. The van der Waals surface area contributed by atoms with Gasteiger partial charge in [-0.1, -0.05) is 26.8 Å². The Hall–Kier alpha value is -2.60. The van der Waals surface area contributed by atoms with Gasteiger partial charge >= 0.3 is 5.97 Å². The van der Waals surface area contributed by atoms with Crippen LogP contribution in [0.2, 0.25) is 0 Å². The first kappa shape index (κ1) is 23.2. The zero-order valence-corrected chi connectivity index (χ0v) is 21.0. The zero-order chi connectivity index (χ0) is 24.5. The summed E-state index contributed by atoms with van der Waals surface area (Å²) in [5, 5.41) is 0. The van der Waals surface area contributed by atoms with Crippen LogP contribution in [0.5, 0.6) is 5.75 Å². The van der Waals surface area contributed by atoms with Gasteiger partial charge in [0.25, 0.3) is 0 Å². The quantitative estimate of drug-likeness (QED) is 0.462. The van der Waals surface area contributed by atoms with Crippen molar-refractivity contribution in [3.63, 3.8) is 0 Å². The molecule has 6 heteroatoms. The van der Waals surface area contributed by atoms with Gasteiger partial charge in [0.15, 0.2) is 5.78 Å². The average Bonchev–Trinajstić information content (AvgIpc) is 3.36. The summed E-state index contributed by atoms with van der Waals surface area (Å²) in [5.41, 5.74) is 1.71. The molecule has 1 aromatic heterocycles. The highest BCUT2D eigenvalue weighted by Crippen LogP contribution is 2.68. The molecule has 0 N–H and O–H groups in total.